The van der Waals surface area contributed by atoms with Crippen LogP contribution >= 0.6 is 12.2 Å². The van der Waals surface area contributed by atoms with E-state index in [9.17, 15) is 4.79 Å². The quantitative estimate of drug-likeness (QED) is 0.712. The molecule has 0 spiro atoms. The van der Waals surface area contributed by atoms with Crippen molar-refractivity contribution in [1.29, 1.82) is 0 Å². The average molecular weight is 239 g/mol. The number of aromatic carboxylic acids is 1. The van der Waals surface area contributed by atoms with Crippen LogP contribution in [0.25, 0.3) is 0 Å². The van der Waals surface area contributed by atoms with Crippen LogP contribution in [-0.4, -0.2) is 46.1 Å². The third-order valence-corrected chi connectivity index (χ3v) is 3.00. The molecule has 0 saturated carbocycles. The molecule has 0 radical (unpaired) electrons. The number of nitrogens with zero attached hydrogens (tertiary/aromatic N) is 2. The Morgan fingerprint density at radius 1 is 1.50 bits per heavy atom. The molecule has 86 valence electrons. The van der Waals surface area contributed by atoms with Crippen LogP contribution in [-0.2, 0) is 12.8 Å². The monoisotopic (exact) mass is 239 g/mol. The molecule has 0 amide bonds. The van der Waals surface area contributed by atoms with Gasteiger partial charge in [-0.05, 0) is 25.7 Å². The molecule has 5 nitrogen and oxygen atoms in total. The minimum Gasteiger partial charge on any atom is -0.476 e. The van der Waals surface area contributed by atoms with Gasteiger partial charge in [0.15, 0.2) is 10.5 Å². The molecule has 0 fully saturated rings. The lowest BCUT2D eigenvalue weighted by molar-refractivity contribution is 0.0688. The Morgan fingerprint density at radius 3 is 2.88 bits per heavy atom. The summed E-state index contributed by atoms with van der Waals surface area (Å²) in [4.78, 5) is 20.1. The van der Waals surface area contributed by atoms with Crippen molar-refractivity contribution in [3.05, 3.63) is 21.7 Å². The van der Waals surface area contributed by atoms with Crippen LogP contribution in [0.1, 0.15) is 21.7 Å². The van der Waals surface area contributed by atoms with Gasteiger partial charge in [0.25, 0.3) is 0 Å². The molecule has 2 N–H and O–H groups in total. The van der Waals surface area contributed by atoms with Crippen molar-refractivity contribution in [2.45, 2.75) is 12.8 Å². The summed E-state index contributed by atoms with van der Waals surface area (Å²) in [7, 11) is 2.02. The zero-order valence-corrected chi connectivity index (χ0v) is 9.80. The summed E-state index contributed by atoms with van der Waals surface area (Å²) >= 11 is 4.93. The Balaban J connectivity index is 2.54. The molecular formula is C10H13N3O2S. The molecule has 0 unspecified atom stereocenters. The van der Waals surface area contributed by atoms with Crippen molar-refractivity contribution in [2.75, 3.05) is 20.1 Å². The van der Waals surface area contributed by atoms with Gasteiger partial charge in [-0.25, -0.2) is 9.78 Å². The van der Waals surface area contributed by atoms with Gasteiger partial charge in [0.1, 0.15) is 0 Å². The van der Waals surface area contributed by atoms with Gasteiger partial charge < -0.3 is 15.0 Å². The smallest absolute Gasteiger partial charge is 0.354 e. The maximum absolute atomic E-state index is 11.1. The summed E-state index contributed by atoms with van der Waals surface area (Å²) < 4.78 is 0.251. The third-order valence-electron chi connectivity index (χ3n) is 2.81. The molecule has 0 aromatic carbocycles. The number of carboxylic acid groups (broad SMARTS) is 1. The predicted molar refractivity (Wildman–Crippen MR) is 61.3 cm³/mol. The highest BCUT2D eigenvalue weighted by molar-refractivity contribution is 7.71. The number of aromatic amines is 1. The van der Waals surface area contributed by atoms with E-state index in [-0.39, 0.29) is 10.5 Å². The highest BCUT2D eigenvalue weighted by atomic mass is 32.1. The molecule has 0 aliphatic carbocycles. The number of aromatic nitrogens is 2. The molecule has 16 heavy (non-hydrogen) atoms. The maximum Gasteiger partial charge on any atom is 0.354 e. The minimum atomic E-state index is -0.999. The molecule has 1 aromatic heterocycles. The van der Waals surface area contributed by atoms with E-state index < -0.39 is 5.97 Å². The first-order valence-corrected chi connectivity index (χ1v) is 5.52. The highest BCUT2D eigenvalue weighted by Crippen LogP contribution is 2.16. The number of hydrogen-bond donors (Lipinski definition) is 2. The lowest BCUT2D eigenvalue weighted by Crippen LogP contribution is -2.21. The van der Waals surface area contributed by atoms with E-state index in [0.717, 1.165) is 30.8 Å². The summed E-state index contributed by atoms with van der Waals surface area (Å²) in [6, 6.07) is 0. The Morgan fingerprint density at radius 2 is 2.19 bits per heavy atom. The van der Waals surface area contributed by atoms with E-state index in [1.54, 1.807) is 0 Å². The summed E-state index contributed by atoms with van der Waals surface area (Å²) in [6.07, 6.45) is 1.49. The fraction of sp³-hybridized carbons (Fsp3) is 0.500. The van der Waals surface area contributed by atoms with Crippen molar-refractivity contribution in [3.8, 4) is 0 Å². The van der Waals surface area contributed by atoms with Crippen molar-refractivity contribution in [1.82, 2.24) is 14.9 Å². The van der Waals surface area contributed by atoms with Crippen molar-refractivity contribution in [3.63, 3.8) is 0 Å². The number of hydrogen-bond acceptors (Lipinski definition) is 4. The molecule has 1 aromatic rings. The number of likely N-dealkylation sites (N-methyl/N-ethyl adjacent to an activating group) is 1. The standard InChI is InChI=1S/C10H13N3O2S/c1-13-4-2-6-7(3-5-13)11-10(16)12-8(6)9(14)15/h2-5H2,1H3,(H,14,15)(H,11,12,16). The molecule has 6 heteroatoms. The summed E-state index contributed by atoms with van der Waals surface area (Å²) in [5, 5.41) is 9.09. The van der Waals surface area contributed by atoms with Crippen molar-refractivity contribution < 1.29 is 9.90 Å². The van der Waals surface area contributed by atoms with Gasteiger partial charge in [-0.1, -0.05) is 0 Å². The SMILES string of the molecule is CN1CCc2[nH]c(=S)nc(C(=O)O)c2CC1. The van der Waals surface area contributed by atoms with Crippen LogP contribution in [0.4, 0.5) is 0 Å². The molecule has 0 bridgehead atoms. The summed E-state index contributed by atoms with van der Waals surface area (Å²) in [6.45, 7) is 1.75. The van der Waals surface area contributed by atoms with Crippen molar-refractivity contribution in [2.24, 2.45) is 0 Å². The number of H-pyrrole nitrogens is 1. The number of carboxylic acids is 1. The Labute approximate surface area is 98.1 Å². The number of fused-ring (bicyclic) bond motifs is 1. The van der Waals surface area contributed by atoms with Gasteiger partial charge in [-0.3, -0.25) is 0 Å². The molecule has 0 saturated heterocycles. The van der Waals surface area contributed by atoms with Crippen LogP contribution < -0.4 is 0 Å². The van der Waals surface area contributed by atoms with E-state index in [2.05, 4.69) is 14.9 Å². The third kappa shape index (κ3) is 2.12. The molecule has 1 aliphatic rings. The Bertz CT molecular complexity index is 483. The van der Waals surface area contributed by atoms with Crippen LogP contribution in [0.3, 0.4) is 0 Å². The van der Waals surface area contributed by atoms with Gasteiger partial charge in [-0.2, -0.15) is 0 Å². The lowest BCUT2D eigenvalue weighted by Gasteiger charge is -2.10. The van der Waals surface area contributed by atoms with Crippen molar-refractivity contribution >= 4 is 18.2 Å². The second kappa shape index (κ2) is 4.31. The molecule has 1 aliphatic heterocycles. The number of rotatable bonds is 1. The lowest BCUT2D eigenvalue weighted by atomic mass is 10.1. The fourth-order valence-corrected chi connectivity index (χ4v) is 2.14. The van der Waals surface area contributed by atoms with E-state index in [4.69, 9.17) is 17.3 Å². The molecule has 2 rings (SSSR count). The van der Waals surface area contributed by atoms with Gasteiger partial charge in [0.05, 0.1) is 0 Å². The highest BCUT2D eigenvalue weighted by Gasteiger charge is 2.19. The van der Waals surface area contributed by atoms with E-state index >= 15 is 0 Å². The van der Waals surface area contributed by atoms with E-state index in [0.29, 0.717) is 6.42 Å². The van der Waals surface area contributed by atoms with Gasteiger partial charge >= 0.3 is 5.97 Å². The molecule has 2 heterocycles. The summed E-state index contributed by atoms with van der Waals surface area (Å²) in [5.41, 5.74) is 1.82. The van der Waals surface area contributed by atoms with Crippen LogP contribution in [0.15, 0.2) is 0 Å². The second-order valence-electron chi connectivity index (χ2n) is 3.96. The van der Waals surface area contributed by atoms with E-state index in [1.165, 1.54) is 0 Å². The number of carbonyl (C=O) groups is 1. The van der Waals surface area contributed by atoms with Gasteiger partial charge in [-0.15, -0.1) is 0 Å². The average Bonchev–Trinajstić information content (AvgIpc) is 2.40. The zero-order chi connectivity index (χ0) is 11.7. The fourth-order valence-electron chi connectivity index (χ4n) is 1.92. The van der Waals surface area contributed by atoms with Crippen LogP contribution in [0.2, 0.25) is 0 Å². The second-order valence-corrected chi connectivity index (χ2v) is 4.34. The molecular weight excluding hydrogens is 226 g/mol. The Kier molecular flexibility index (Phi) is 3.02. The largest absolute Gasteiger partial charge is 0.476 e. The van der Waals surface area contributed by atoms with E-state index in [1.807, 2.05) is 7.05 Å². The minimum absolute atomic E-state index is 0.106. The van der Waals surface area contributed by atoms with Gasteiger partial charge in [0, 0.05) is 30.8 Å². The number of nitrogens with one attached hydrogen (secondary N) is 1. The summed E-state index contributed by atoms with van der Waals surface area (Å²) in [5.74, 6) is -0.999. The van der Waals surface area contributed by atoms with Crippen LogP contribution in [0, 0.1) is 4.77 Å². The predicted octanol–water partition coefficient (Wildman–Crippen LogP) is 0.868. The zero-order valence-electron chi connectivity index (χ0n) is 8.99. The Hall–Kier alpha value is -1.27. The first kappa shape index (κ1) is 11.2. The van der Waals surface area contributed by atoms with Crippen LogP contribution in [0.5, 0.6) is 0 Å². The first-order valence-electron chi connectivity index (χ1n) is 5.12. The maximum atomic E-state index is 11.1. The van der Waals surface area contributed by atoms with Gasteiger partial charge in [0.2, 0.25) is 0 Å². The first-order chi connectivity index (χ1) is 7.58. The normalized spacial score (nSPS) is 16.6. The topological polar surface area (TPSA) is 69.2 Å². The molecule has 0 atom stereocenters.